The maximum absolute atomic E-state index is 11.1. The highest BCUT2D eigenvalue weighted by Gasteiger charge is 2.57. The molecule has 1 saturated heterocycles. The fraction of sp³-hybridized carbons (Fsp3) is 0.875. The van der Waals surface area contributed by atoms with Crippen LogP contribution in [0.15, 0.2) is 0 Å². The average Bonchev–Trinajstić information content (AvgIpc) is 2.31. The Morgan fingerprint density at radius 2 is 2.00 bits per heavy atom. The van der Waals surface area contributed by atoms with E-state index in [0.717, 1.165) is 0 Å². The van der Waals surface area contributed by atoms with Crippen LogP contribution in [0.1, 0.15) is 0 Å². The quantitative estimate of drug-likeness (QED) is 0.508. The van der Waals surface area contributed by atoms with Gasteiger partial charge in [-0.3, -0.25) is 4.79 Å². The SMILES string of the molecule is O=C1OC[C@H]2[C@@H](CCl)[C@H](CCl)[C@@H]12. The molecule has 4 atom stereocenters. The molecule has 0 aromatic carbocycles. The molecule has 1 aliphatic carbocycles. The van der Waals surface area contributed by atoms with Crippen LogP contribution < -0.4 is 0 Å². The third-order valence-electron chi connectivity index (χ3n) is 3.07. The summed E-state index contributed by atoms with van der Waals surface area (Å²) in [7, 11) is 0. The molecular formula is C8H10Cl2O2. The molecule has 12 heavy (non-hydrogen) atoms. The fourth-order valence-corrected chi connectivity index (χ4v) is 3.19. The Bertz CT molecular complexity index is 207. The van der Waals surface area contributed by atoms with E-state index < -0.39 is 0 Å². The van der Waals surface area contributed by atoms with E-state index in [2.05, 4.69) is 0 Å². The van der Waals surface area contributed by atoms with Gasteiger partial charge in [-0.1, -0.05) is 0 Å². The molecule has 2 fully saturated rings. The molecule has 0 amide bonds. The molecule has 2 nitrogen and oxygen atoms in total. The summed E-state index contributed by atoms with van der Waals surface area (Å²) in [6.45, 7) is 0.550. The van der Waals surface area contributed by atoms with Gasteiger partial charge < -0.3 is 4.74 Å². The van der Waals surface area contributed by atoms with Crippen molar-refractivity contribution < 1.29 is 9.53 Å². The minimum atomic E-state index is -0.0768. The van der Waals surface area contributed by atoms with Crippen molar-refractivity contribution in [3.8, 4) is 0 Å². The van der Waals surface area contributed by atoms with Crippen molar-refractivity contribution in [1.29, 1.82) is 0 Å². The maximum Gasteiger partial charge on any atom is 0.309 e. The van der Waals surface area contributed by atoms with Crippen molar-refractivity contribution >= 4 is 29.2 Å². The molecule has 1 heterocycles. The Morgan fingerprint density at radius 3 is 2.58 bits per heavy atom. The fourth-order valence-electron chi connectivity index (χ4n) is 2.31. The van der Waals surface area contributed by atoms with Crippen molar-refractivity contribution in [3.63, 3.8) is 0 Å². The van der Waals surface area contributed by atoms with Crippen molar-refractivity contribution in [2.75, 3.05) is 18.4 Å². The number of hydrogen-bond donors (Lipinski definition) is 0. The zero-order valence-electron chi connectivity index (χ0n) is 6.50. The molecule has 2 rings (SSSR count). The summed E-state index contributed by atoms with van der Waals surface area (Å²) < 4.78 is 4.95. The molecule has 1 aliphatic heterocycles. The van der Waals surface area contributed by atoms with E-state index in [1.165, 1.54) is 0 Å². The lowest BCUT2D eigenvalue weighted by Crippen LogP contribution is -2.49. The summed E-state index contributed by atoms with van der Waals surface area (Å²) in [6.07, 6.45) is 0. The molecule has 0 aromatic rings. The number of fused-ring (bicyclic) bond motifs is 1. The second kappa shape index (κ2) is 3.08. The first-order valence-corrected chi connectivity index (χ1v) is 5.15. The topological polar surface area (TPSA) is 26.3 Å². The molecule has 0 radical (unpaired) electrons. The van der Waals surface area contributed by atoms with Gasteiger partial charge in [-0.05, 0) is 11.8 Å². The number of rotatable bonds is 2. The van der Waals surface area contributed by atoms with Gasteiger partial charge in [0.2, 0.25) is 0 Å². The smallest absolute Gasteiger partial charge is 0.309 e. The summed E-state index contributed by atoms with van der Waals surface area (Å²) in [5.74, 6) is 2.07. The van der Waals surface area contributed by atoms with Crippen molar-refractivity contribution in [2.45, 2.75) is 0 Å². The number of cyclic esters (lactones) is 1. The minimum Gasteiger partial charge on any atom is -0.465 e. The largest absolute Gasteiger partial charge is 0.465 e. The van der Waals surface area contributed by atoms with Gasteiger partial charge in [0.25, 0.3) is 0 Å². The third kappa shape index (κ3) is 0.975. The molecule has 0 N–H and O–H groups in total. The molecule has 1 saturated carbocycles. The Morgan fingerprint density at radius 1 is 1.33 bits per heavy atom. The van der Waals surface area contributed by atoms with Gasteiger partial charge in [-0.25, -0.2) is 0 Å². The molecule has 0 aromatic heterocycles. The van der Waals surface area contributed by atoms with Gasteiger partial charge in [0, 0.05) is 17.7 Å². The van der Waals surface area contributed by atoms with Gasteiger partial charge >= 0.3 is 5.97 Å². The van der Waals surface area contributed by atoms with Crippen LogP contribution >= 0.6 is 23.2 Å². The molecule has 0 bridgehead atoms. The van der Waals surface area contributed by atoms with Crippen LogP contribution in [-0.2, 0) is 9.53 Å². The van der Waals surface area contributed by atoms with Crippen LogP contribution in [0.3, 0.4) is 0 Å². The highest BCUT2D eigenvalue weighted by molar-refractivity contribution is 6.19. The summed E-state index contributed by atoms with van der Waals surface area (Å²) in [5.41, 5.74) is 0. The van der Waals surface area contributed by atoms with Crippen LogP contribution in [-0.4, -0.2) is 24.3 Å². The standard InChI is InChI=1S/C8H10Cl2O2/c9-1-4-5(2-10)7-6(4)3-12-8(7)11/h4-7H,1-3H2/t4-,5-,6-,7+/m0/s1. The first kappa shape index (κ1) is 8.64. The Labute approximate surface area is 81.2 Å². The number of carbonyl (C=O) groups excluding carboxylic acids is 1. The normalized spacial score (nSPS) is 45.0. The second-order valence-corrected chi connectivity index (χ2v) is 4.07. The number of esters is 1. The summed E-state index contributed by atoms with van der Waals surface area (Å²) in [5, 5.41) is 0. The maximum atomic E-state index is 11.1. The Balaban J connectivity index is 2.09. The van der Waals surface area contributed by atoms with Gasteiger partial charge in [-0.15, -0.1) is 23.2 Å². The summed E-state index contributed by atoms with van der Waals surface area (Å²) in [6, 6.07) is 0. The number of ether oxygens (including phenoxy) is 1. The van der Waals surface area contributed by atoms with Crippen molar-refractivity contribution in [3.05, 3.63) is 0 Å². The van der Waals surface area contributed by atoms with E-state index in [9.17, 15) is 4.79 Å². The predicted molar refractivity (Wildman–Crippen MR) is 46.4 cm³/mol. The van der Waals surface area contributed by atoms with Crippen LogP contribution in [0.2, 0.25) is 0 Å². The lowest BCUT2D eigenvalue weighted by atomic mass is 9.59. The van der Waals surface area contributed by atoms with Gasteiger partial charge in [-0.2, -0.15) is 0 Å². The van der Waals surface area contributed by atoms with E-state index in [0.29, 0.717) is 30.2 Å². The molecule has 0 unspecified atom stereocenters. The van der Waals surface area contributed by atoms with E-state index in [-0.39, 0.29) is 17.8 Å². The van der Waals surface area contributed by atoms with E-state index >= 15 is 0 Å². The average molecular weight is 209 g/mol. The van der Waals surface area contributed by atoms with E-state index in [1.807, 2.05) is 0 Å². The third-order valence-corrected chi connectivity index (χ3v) is 3.78. The highest BCUT2D eigenvalue weighted by atomic mass is 35.5. The molecule has 0 spiro atoms. The molecule has 2 aliphatic rings. The second-order valence-electron chi connectivity index (χ2n) is 3.46. The predicted octanol–water partition coefficient (Wildman–Crippen LogP) is 1.50. The minimum absolute atomic E-state index is 0.0475. The van der Waals surface area contributed by atoms with Crippen molar-refractivity contribution in [1.82, 2.24) is 0 Å². The van der Waals surface area contributed by atoms with Crippen molar-refractivity contribution in [2.24, 2.45) is 23.7 Å². The summed E-state index contributed by atoms with van der Waals surface area (Å²) >= 11 is 11.5. The number of halogens is 2. The van der Waals surface area contributed by atoms with Gasteiger partial charge in [0.05, 0.1) is 12.5 Å². The Kier molecular flexibility index (Phi) is 2.21. The van der Waals surface area contributed by atoms with Gasteiger partial charge in [0.15, 0.2) is 0 Å². The number of hydrogen-bond acceptors (Lipinski definition) is 2. The van der Waals surface area contributed by atoms with Crippen LogP contribution in [0.4, 0.5) is 0 Å². The zero-order chi connectivity index (χ0) is 8.72. The molecular weight excluding hydrogens is 199 g/mol. The summed E-state index contributed by atoms with van der Waals surface area (Å²) in [4.78, 5) is 11.1. The van der Waals surface area contributed by atoms with E-state index in [4.69, 9.17) is 27.9 Å². The molecule has 4 heteroatoms. The number of carbonyl (C=O) groups is 1. The van der Waals surface area contributed by atoms with Gasteiger partial charge in [0.1, 0.15) is 0 Å². The molecule has 68 valence electrons. The monoisotopic (exact) mass is 208 g/mol. The van der Waals surface area contributed by atoms with Crippen LogP contribution in [0, 0.1) is 23.7 Å². The van der Waals surface area contributed by atoms with Crippen LogP contribution in [0.5, 0.6) is 0 Å². The van der Waals surface area contributed by atoms with Crippen LogP contribution in [0.25, 0.3) is 0 Å². The first-order valence-electron chi connectivity index (χ1n) is 4.08. The zero-order valence-corrected chi connectivity index (χ0v) is 8.02. The highest BCUT2D eigenvalue weighted by Crippen LogP contribution is 2.51. The Hall–Kier alpha value is 0.0500. The van der Waals surface area contributed by atoms with E-state index in [1.54, 1.807) is 0 Å². The first-order chi connectivity index (χ1) is 5.79. The lowest BCUT2D eigenvalue weighted by Gasteiger charge is -2.43. The number of alkyl halides is 2. The lowest BCUT2D eigenvalue weighted by molar-refractivity contribution is -0.144.